The average molecular weight is 1160 g/mol. The molecular formula is C56H74ClN17O9. The lowest BCUT2D eigenvalue weighted by Crippen LogP contribution is -2.60. The smallest absolute Gasteiger partial charge is 0.243 e. The largest absolute Gasteiger partial charge is 0.508 e. The van der Waals surface area contributed by atoms with E-state index in [-0.39, 0.29) is 113 Å². The second-order valence-corrected chi connectivity index (χ2v) is 19.9. The Kier molecular flexibility index (Phi) is 25.2. The number of phenolic OH excluding ortho intramolecular Hbond substituents is 1. The third-order valence-corrected chi connectivity index (χ3v) is 13.2. The van der Waals surface area contributed by atoms with Crippen LogP contribution in [0.2, 0.25) is 5.02 Å². The molecular weight excluding hydrogens is 1090 g/mol. The zero-order valence-corrected chi connectivity index (χ0v) is 46.7. The quantitative estimate of drug-likeness (QED) is 0.0146. The fraction of sp³-hybridized carbons (Fsp3) is 0.357. The summed E-state index contributed by atoms with van der Waals surface area (Å²) >= 11 is 6.74. The number of aromatic hydroxyl groups is 1. The number of hydrogen-bond donors (Lipinski definition) is 15. The van der Waals surface area contributed by atoms with Gasteiger partial charge in [0.05, 0.1) is 5.02 Å². The first-order chi connectivity index (χ1) is 39.6. The van der Waals surface area contributed by atoms with Crippen molar-refractivity contribution in [3.63, 3.8) is 0 Å². The SMILES string of the molecule is CC(=O)N[C@@H](CCCN=C(N)N)C(=O)N[C@@H](Cc1ccc(OCc2ccccc2)c(Cl)c1)C(=O)N[C@@H](Cc1ccc(O)cc1)C(=O)N[C@@H](CCCN=C(N)N)C(=O)N[C@@H](Cc1c[nH]c2ccccc12)C(=O)N[C@@H](CCCN=C(N)N)C(N)=O. The topological polar surface area (TPSA) is 456 Å². The number of primary amides is 1. The molecule has 0 aliphatic heterocycles. The van der Waals surface area contributed by atoms with E-state index in [1.54, 1.807) is 30.5 Å². The van der Waals surface area contributed by atoms with Crippen molar-refractivity contribution in [2.75, 3.05) is 19.6 Å². The fourth-order valence-electron chi connectivity index (χ4n) is 8.72. The summed E-state index contributed by atoms with van der Waals surface area (Å²) in [6, 6.07) is 19.2. The van der Waals surface area contributed by atoms with Gasteiger partial charge in [0.25, 0.3) is 0 Å². The number of nitrogens with two attached hydrogens (primary N) is 7. The van der Waals surface area contributed by atoms with Gasteiger partial charge < -0.3 is 86.9 Å². The number of para-hydroxylation sites is 1. The van der Waals surface area contributed by atoms with Crippen molar-refractivity contribution >= 4 is 81.7 Å². The maximum atomic E-state index is 14.9. The Morgan fingerprint density at radius 3 is 1.49 bits per heavy atom. The Hall–Kier alpha value is -9.59. The number of aromatic amines is 1. The normalized spacial score (nSPS) is 13.0. The van der Waals surface area contributed by atoms with Gasteiger partial charge in [-0.3, -0.25) is 48.5 Å². The van der Waals surface area contributed by atoms with Crippen LogP contribution in [-0.4, -0.2) is 125 Å². The molecule has 0 bridgehead atoms. The third-order valence-electron chi connectivity index (χ3n) is 12.9. The summed E-state index contributed by atoms with van der Waals surface area (Å²) in [7, 11) is 0. The van der Waals surface area contributed by atoms with Crippen molar-refractivity contribution in [1.29, 1.82) is 0 Å². The van der Waals surface area contributed by atoms with Gasteiger partial charge in [-0.05, 0) is 91.1 Å². The first-order valence-corrected chi connectivity index (χ1v) is 27.1. The maximum Gasteiger partial charge on any atom is 0.243 e. The summed E-state index contributed by atoms with van der Waals surface area (Å²) in [6.07, 6.45) is 1.80. The van der Waals surface area contributed by atoms with Crippen LogP contribution in [0.1, 0.15) is 67.7 Å². The van der Waals surface area contributed by atoms with Crippen molar-refractivity contribution in [3.05, 3.63) is 131 Å². The highest BCUT2D eigenvalue weighted by molar-refractivity contribution is 6.32. The fourth-order valence-corrected chi connectivity index (χ4v) is 8.97. The van der Waals surface area contributed by atoms with Gasteiger partial charge in [-0.2, -0.15) is 0 Å². The number of H-pyrrole nitrogens is 1. The number of benzene rings is 4. The number of hydrogen-bond acceptors (Lipinski definition) is 12. The van der Waals surface area contributed by atoms with Crippen LogP contribution in [0.4, 0.5) is 0 Å². The van der Waals surface area contributed by atoms with E-state index >= 15 is 0 Å². The van der Waals surface area contributed by atoms with Crippen LogP contribution >= 0.6 is 11.6 Å². The molecule has 1 aromatic heterocycles. The van der Waals surface area contributed by atoms with Crippen LogP contribution in [0.3, 0.4) is 0 Å². The number of aromatic nitrogens is 1. The Morgan fingerprint density at radius 1 is 0.530 bits per heavy atom. The van der Waals surface area contributed by atoms with Gasteiger partial charge in [-0.25, -0.2) is 0 Å². The Bertz CT molecular complexity index is 3090. The van der Waals surface area contributed by atoms with Crippen molar-refractivity contribution in [3.8, 4) is 11.5 Å². The van der Waals surface area contributed by atoms with E-state index in [2.05, 4.69) is 51.9 Å². The summed E-state index contributed by atoms with van der Waals surface area (Å²) in [5.41, 5.74) is 42.1. The molecule has 83 heavy (non-hydrogen) atoms. The summed E-state index contributed by atoms with van der Waals surface area (Å²) in [5.74, 6) is -5.83. The molecule has 7 amide bonds. The summed E-state index contributed by atoms with van der Waals surface area (Å²) in [4.78, 5) is 113. The first-order valence-electron chi connectivity index (χ1n) is 26.7. The predicted molar refractivity (Wildman–Crippen MR) is 316 cm³/mol. The number of amides is 7. The molecule has 0 saturated carbocycles. The van der Waals surface area contributed by atoms with E-state index < -0.39 is 77.6 Å². The van der Waals surface area contributed by atoms with Crippen molar-refractivity contribution < 1.29 is 43.4 Å². The number of carbonyl (C=O) groups excluding carboxylic acids is 7. The van der Waals surface area contributed by atoms with Gasteiger partial charge >= 0.3 is 0 Å². The molecule has 0 aliphatic rings. The van der Waals surface area contributed by atoms with Crippen LogP contribution < -0.4 is 76.8 Å². The standard InChI is InChI=1S/C56H74ClN17O9/c1-32(75)69-42(15-8-24-66-55(61)62)49(78)72-45(28-35-19-22-47(39(57)26-35)83-31-34-10-3-2-4-11-34)52(81)73-44(27-33-17-20-37(76)21-18-33)51(80)71-43(16-9-25-67-56(63)64)50(79)74-46(29-36-30-68-40-13-6-5-12-38(36)40)53(82)70-41(48(58)77)14-7-23-65-54(59)60/h2-6,10-13,17-22,26,30,41-46,68,76H,7-9,14-16,23-25,27-29,31H2,1H3,(H2,58,77)(H,69,75)(H,70,82)(H,71,80)(H,72,78)(H,73,81)(H,74,79)(H4,59,60,65)(H4,61,62,66)(H4,63,64,67)/t41-,42-,43-,44-,45-,46-/m0/s1. The van der Waals surface area contributed by atoms with E-state index in [1.165, 1.54) is 31.2 Å². The van der Waals surface area contributed by atoms with Gasteiger partial charge in [0, 0.05) is 62.9 Å². The molecule has 5 aromatic rings. The number of nitrogens with zero attached hydrogens (tertiary/aromatic N) is 3. The molecule has 5 rings (SSSR count). The second kappa shape index (κ2) is 32.6. The van der Waals surface area contributed by atoms with Crippen LogP contribution in [0.15, 0.2) is 118 Å². The molecule has 0 spiro atoms. The van der Waals surface area contributed by atoms with Gasteiger partial charge in [0.15, 0.2) is 17.9 Å². The molecule has 26 nitrogen and oxygen atoms in total. The molecule has 1 heterocycles. The minimum absolute atomic E-state index is 0.0222. The van der Waals surface area contributed by atoms with Gasteiger partial charge in [-0.15, -0.1) is 0 Å². The Labute approximate surface area is 484 Å². The van der Waals surface area contributed by atoms with E-state index in [4.69, 9.17) is 56.5 Å². The zero-order chi connectivity index (χ0) is 60.4. The molecule has 6 atom stereocenters. The zero-order valence-electron chi connectivity index (χ0n) is 45.9. The van der Waals surface area contributed by atoms with Crippen molar-refractivity contribution in [1.82, 2.24) is 36.9 Å². The van der Waals surface area contributed by atoms with Crippen LogP contribution in [0.5, 0.6) is 11.5 Å². The van der Waals surface area contributed by atoms with Crippen LogP contribution in [0.25, 0.3) is 10.9 Å². The molecule has 0 unspecified atom stereocenters. The van der Waals surface area contributed by atoms with Crippen LogP contribution in [0, 0.1) is 0 Å². The second-order valence-electron chi connectivity index (χ2n) is 19.5. The molecule has 0 aliphatic carbocycles. The number of guanidine groups is 3. The summed E-state index contributed by atoms with van der Waals surface area (Å²) < 4.78 is 5.97. The lowest BCUT2D eigenvalue weighted by atomic mass is 10.0. The number of carbonyl (C=O) groups is 7. The molecule has 0 saturated heterocycles. The third kappa shape index (κ3) is 22.1. The van der Waals surface area contributed by atoms with E-state index in [0.717, 1.165) is 16.5 Å². The minimum Gasteiger partial charge on any atom is -0.508 e. The summed E-state index contributed by atoms with van der Waals surface area (Å²) in [6.45, 7) is 1.72. The van der Waals surface area contributed by atoms with Gasteiger partial charge in [0.1, 0.15) is 54.4 Å². The van der Waals surface area contributed by atoms with E-state index in [0.29, 0.717) is 22.4 Å². The Morgan fingerprint density at radius 2 is 0.976 bits per heavy atom. The number of ether oxygens (including phenoxy) is 1. The lowest BCUT2D eigenvalue weighted by molar-refractivity contribution is -0.135. The van der Waals surface area contributed by atoms with E-state index in [9.17, 15) is 38.7 Å². The molecule has 444 valence electrons. The molecule has 4 aromatic carbocycles. The number of halogens is 1. The van der Waals surface area contributed by atoms with Gasteiger partial charge in [0.2, 0.25) is 41.4 Å². The molecule has 0 radical (unpaired) electrons. The highest BCUT2D eigenvalue weighted by Gasteiger charge is 2.34. The number of phenols is 1. The first kappa shape index (κ1) is 64.2. The van der Waals surface area contributed by atoms with Crippen molar-refractivity contribution in [2.45, 2.75) is 108 Å². The number of rotatable bonds is 33. The predicted octanol–water partition coefficient (Wildman–Crippen LogP) is -0.291. The lowest BCUT2D eigenvalue weighted by Gasteiger charge is -2.28. The average Bonchev–Trinajstić information content (AvgIpc) is 4.16. The number of aliphatic imine (C=N–C) groups is 3. The minimum atomic E-state index is -1.50. The van der Waals surface area contributed by atoms with Crippen molar-refractivity contribution in [2.24, 2.45) is 55.1 Å². The number of nitrogens with one attached hydrogen (secondary N) is 7. The maximum absolute atomic E-state index is 14.9. The van der Waals surface area contributed by atoms with Crippen LogP contribution in [-0.2, 0) is 59.4 Å². The molecule has 22 N–H and O–H groups in total. The van der Waals surface area contributed by atoms with E-state index in [1.807, 2.05) is 48.5 Å². The highest BCUT2D eigenvalue weighted by atomic mass is 35.5. The highest BCUT2D eigenvalue weighted by Crippen LogP contribution is 2.27. The molecule has 27 heteroatoms. The number of fused-ring (bicyclic) bond motifs is 1. The summed E-state index contributed by atoms with van der Waals surface area (Å²) in [5, 5.41) is 27.4. The monoisotopic (exact) mass is 1160 g/mol. The van der Waals surface area contributed by atoms with Gasteiger partial charge in [-0.1, -0.05) is 78.3 Å². The Balaban J connectivity index is 1.49. The molecule has 0 fully saturated rings.